The molecule has 5 heteroatoms. The molecule has 0 spiro atoms. The van der Waals surface area contributed by atoms with Gasteiger partial charge in [-0.05, 0) is 28.8 Å². The van der Waals surface area contributed by atoms with Crippen LogP contribution in [0, 0.1) is 0 Å². The van der Waals surface area contributed by atoms with Crippen molar-refractivity contribution in [1.82, 2.24) is 4.98 Å². The fourth-order valence-corrected chi connectivity index (χ4v) is 1.86. The van der Waals surface area contributed by atoms with E-state index in [0.29, 0.717) is 5.69 Å². The lowest BCUT2D eigenvalue weighted by atomic mass is 10.3. The summed E-state index contributed by atoms with van der Waals surface area (Å²) in [7, 11) is 0. The normalized spacial score (nSPS) is 10.5. The lowest BCUT2D eigenvalue weighted by Gasteiger charge is -2.10. The van der Waals surface area contributed by atoms with Gasteiger partial charge in [-0.2, -0.15) is 0 Å². The Bertz CT molecular complexity index is 313. The van der Waals surface area contributed by atoms with Gasteiger partial charge in [0.15, 0.2) is 0 Å². The van der Waals surface area contributed by atoms with Crippen LogP contribution >= 0.6 is 15.9 Å². The van der Waals surface area contributed by atoms with Crippen LogP contribution in [0.25, 0.3) is 0 Å². The maximum absolute atomic E-state index is 5.82. The Morgan fingerprint density at radius 1 is 1.35 bits per heavy atom. The molecule has 96 valence electrons. The van der Waals surface area contributed by atoms with E-state index in [1.165, 1.54) is 6.42 Å². The molecule has 17 heavy (non-hydrogen) atoms. The van der Waals surface area contributed by atoms with Crippen molar-refractivity contribution < 1.29 is 4.74 Å². The third-order valence-electron chi connectivity index (χ3n) is 2.34. The standard InChI is InChI=1S/C12H20BrN3O/c1-2-3-6-17-7-4-5-16-12-10(13)8-15-9-11(12)14/h8-9H,2-7,14H2,1H3,(H,15,16). The van der Waals surface area contributed by atoms with Crippen molar-refractivity contribution in [3.63, 3.8) is 0 Å². The second-order valence-corrected chi connectivity index (χ2v) is 4.69. The molecule has 0 atom stereocenters. The Kier molecular flexibility index (Phi) is 6.96. The van der Waals surface area contributed by atoms with Gasteiger partial charge in [0.2, 0.25) is 0 Å². The van der Waals surface area contributed by atoms with Gasteiger partial charge in [-0.3, -0.25) is 4.98 Å². The lowest BCUT2D eigenvalue weighted by molar-refractivity contribution is 0.131. The Morgan fingerprint density at radius 3 is 2.82 bits per heavy atom. The largest absolute Gasteiger partial charge is 0.396 e. The monoisotopic (exact) mass is 301 g/mol. The minimum absolute atomic E-state index is 0.659. The van der Waals surface area contributed by atoms with E-state index >= 15 is 0 Å². The van der Waals surface area contributed by atoms with Crippen LogP contribution < -0.4 is 11.1 Å². The Labute approximate surface area is 111 Å². The molecule has 0 saturated carbocycles. The van der Waals surface area contributed by atoms with Gasteiger partial charge in [-0.1, -0.05) is 13.3 Å². The van der Waals surface area contributed by atoms with Crippen molar-refractivity contribution in [1.29, 1.82) is 0 Å². The van der Waals surface area contributed by atoms with E-state index in [1.807, 2.05) is 0 Å². The molecule has 0 bridgehead atoms. The van der Waals surface area contributed by atoms with Crippen molar-refractivity contribution in [2.75, 3.05) is 30.8 Å². The first kappa shape index (κ1) is 14.3. The summed E-state index contributed by atoms with van der Waals surface area (Å²) in [6, 6.07) is 0. The number of halogens is 1. The minimum atomic E-state index is 0.659. The van der Waals surface area contributed by atoms with Gasteiger partial charge in [0.05, 0.1) is 22.0 Å². The molecule has 0 radical (unpaired) electrons. The number of nitrogens with one attached hydrogen (secondary N) is 1. The molecule has 0 aliphatic heterocycles. The van der Waals surface area contributed by atoms with Crippen LogP contribution in [-0.2, 0) is 4.74 Å². The number of nitrogens with two attached hydrogens (primary N) is 1. The summed E-state index contributed by atoms with van der Waals surface area (Å²) < 4.78 is 6.37. The topological polar surface area (TPSA) is 60.2 Å². The van der Waals surface area contributed by atoms with Crippen LogP contribution in [0.15, 0.2) is 16.9 Å². The second-order valence-electron chi connectivity index (χ2n) is 3.83. The summed E-state index contributed by atoms with van der Waals surface area (Å²) in [4.78, 5) is 3.99. The number of nitrogens with zero attached hydrogens (tertiary/aromatic N) is 1. The van der Waals surface area contributed by atoms with Gasteiger partial charge in [0, 0.05) is 26.0 Å². The van der Waals surface area contributed by atoms with E-state index < -0.39 is 0 Å². The van der Waals surface area contributed by atoms with Crippen molar-refractivity contribution in [3.8, 4) is 0 Å². The van der Waals surface area contributed by atoms with E-state index in [1.54, 1.807) is 12.4 Å². The molecule has 0 aliphatic rings. The third-order valence-corrected chi connectivity index (χ3v) is 2.94. The zero-order valence-corrected chi connectivity index (χ0v) is 11.8. The number of rotatable bonds is 8. The summed E-state index contributed by atoms with van der Waals surface area (Å²) >= 11 is 3.41. The van der Waals surface area contributed by atoms with Crippen LogP contribution in [0.3, 0.4) is 0 Å². The molecule has 0 unspecified atom stereocenters. The van der Waals surface area contributed by atoms with Crippen LogP contribution in [0.4, 0.5) is 11.4 Å². The maximum Gasteiger partial charge on any atom is 0.0750 e. The third kappa shape index (κ3) is 5.37. The van der Waals surface area contributed by atoms with E-state index in [9.17, 15) is 0 Å². The molecule has 0 fully saturated rings. The highest BCUT2D eigenvalue weighted by Crippen LogP contribution is 2.26. The lowest BCUT2D eigenvalue weighted by Crippen LogP contribution is -2.08. The molecule has 0 saturated heterocycles. The molecule has 3 N–H and O–H groups in total. The van der Waals surface area contributed by atoms with Gasteiger partial charge in [0.25, 0.3) is 0 Å². The number of anilines is 2. The number of unbranched alkanes of at least 4 members (excludes halogenated alkanes) is 1. The summed E-state index contributed by atoms with van der Waals surface area (Å²) in [5.74, 6) is 0. The van der Waals surface area contributed by atoms with Crippen molar-refractivity contribution in [2.45, 2.75) is 26.2 Å². The summed E-state index contributed by atoms with van der Waals surface area (Å²) in [6.45, 7) is 4.65. The molecule has 0 amide bonds. The smallest absolute Gasteiger partial charge is 0.0750 e. The molecule has 1 heterocycles. The van der Waals surface area contributed by atoms with E-state index in [0.717, 1.165) is 42.8 Å². The number of nitrogen functional groups attached to an aromatic ring is 1. The van der Waals surface area contributed by atoms with Gasteiger partial charge in [-0.25, -0.2) is 0 Å². The van der Waals surface area contributed by atoms with Crippen LogP contribution in [0.2, 0.25) is 0 Å². The van der Waals surface area contributed by atoms with Crippen LogP contribution in [0.5, 0.6) is 0 Å². The first-order chi connectivity index (χ1) is 8.25. The van der Waals surface area contributed by atoms with E-state index in [2.05, 4.69) is 33.2 Å². The van der Waals surface area contributed by atoms with Crippen molar-refractivity contribution >= 4 is 27.3 Å². The highest BCUT2D eigenvalue weighted by molar-refractivity contribution is 9.10. The van der Waals surface area contributed by atoms with Gasteiger partial charge in [-0.15, -0.1) is 0 Å². The summed E-state index contributed by atoms with van der Waals surface area (Å²) in [5.41, 5.74) is 7.38. The van der Waals surface area contributed by atoms with Gasteiger partial charge >= 0.3 is 0 Å². The molecule has 0 aliphatic carbocycles. The Balaban J connectivity index is 2.18. The minimum Gasteiger partial charge on any atom is -0.396 e. The number of hydrogen-bond donors (Lipinski definition) is 2. The van der Waals surface area contributed by atoms with Crippen molar-refractivity contribution in [3.05, 3.63) is 16.9 Å². The summed E-state index contributed by atoms with van der Waals surface area (Å²) in [5, 5.41) is 3.28. The first-order valence-corrected chi connectivity index (χ1v) is 6.75. The number of pyridine rings is 1. The van der Waals surface area contributed by atoms with Crippen LogP contribution in [0.1, 0.15) is 26.2 Å². The zero-order valence-electron chi connectivity index (χ0n) is 10.2. The predicted molar refractivity (Wildman–Crippen MR) is 75.2 cm³/mol. The number of aromatic nitrogens is 1. The number of hydrogen-bond acceptors (Lipinski definition) is 4. The van der Waals surface area contributed by atoms with E-state index in [-0.39, 0.29) is 0 Å². The maximum atomic E-state index is 5.82. The van der Waals surface area contributed by atoms with Crippen LogP contribution in [-0.4, -0.2) is 24.7 Å². The zero-order chi connectivity index (χ0) is 12.5. The molecule has 1 aromatic heterocycles. The Morgan fingerprint density at radius 2 is 2.12 bits per heavy atom. The molecular weight excluding hydrogens is 282 g/mol. The van der Waals surface area contributed by atoms with E-state index in [4.69, 9.17) is 10.5 Å². The second kappa shape index (κ2) is 8.31. The molecular formula is C12H20BrN3O. The Hall–Kier alpha value is -0.810. The average Bonchev–Trinajstić information content (AvgIpc) is 2.31. The molecule has 4 nitrogen and oxygen atoms in total. The fourth-order valence-electron chi connectivity index (χ4n) is 1.37. The molecule has 1 rings (SSSR count). The van der Waals surface area contributed by atoms with Crippen molar-refractivity contribution in [2.24, 2.45) is 0 Å². The molecule has 1 aromatic rings. The highest BCUT2D eigenvalue weighted by atomic mass is 79.9. The van der Waals surface area contributed by atoms with Gasteiger partial charge in [0.1, 0.15) is 0 Å². The quantitative estimate of drug-likeness (QED) is 0.725. The highest BCUT2D eigenvalue weighted by Gasteiger charge is 2.03. The SMILES string of the molecule is CCCCOCCCNc1c(N)cncc1Br. The van der Waals surface area contributed by atoms with Gasteiger partial charge < -0.3 is 15.8 Å². The average molecular weight is 302 g/mol. The summed E-state index contributed by atoms with van der Waals surface area (Å²) in [6.07, 6.45) is 6.66. The predicted octanol–water partition coefficient (Wildman–Crippen LogP) is 3.05. The first-order valence-electron chi connectivity index (χ1n) is 5.96. The number of ether oxygens (including phenoxy) is 1. The fraction of sp³-hybridized carbons (Fsp3) is 0.583. The molecule has 0 aromatic carbocycles.